The van der Waals surface area contributed by atoms with E-state index in [1.165, 1.54) is 0 Å². The van der Waals surface area contributed by atoms with Gasteiger partial charge in [0.05, 0.1) is 11.6 Å². The van der Waals surface area contributed by atoms with Crippen LogP contribution in [0.15, 0.2) is 72.8 Å². The van der Waals surface area contributed by atoms with E-state index in [1.807, 2.05) is 62.4 Å². The molecule has 0 saturated heterocycles. The normalized spacial score (nSPS) is 12.9. The van der Waals surface area contributed by atoms with E-state index in [-0.39, 0.29) is 12.8 Å². The minimum atomic E-state index is -5.07. The number of rotatable bonds is 7. The third kappa shape index (κ3) is 6.23. The summed E-state index contributed by atoms with van der Waals surface area (Å²) < 4.78 is 39.8. The highest BCUT2D eigenvalue weighted by Gasteiger charge is 2.46. The minimum absolute atomic E-state index is 0.0539. The number of hydrogen-bond donors (Lipinski definition) is 2. The van der Waals surface area contributed by atoms with E-state index < -0.39 is 23.7 Å². The predicted molar refractivity (Wildman–Crippen MR) is 123 cm³/mol. The Kier molecular flexibility index (Phi) is 7.28. The average Bonchev–Trinajstić information content (AvgIpc) is 2.75. The first-order chi connectivity index (χ1) is 15.5. The number of carbonyl (C=O) groups is 1. The summed E-state index contributed by atoms with van der Waals surface area (Å²) >= 11 is 0. The second-order valence-electron chi connectivity index (χ2n) is 8.69. The summed E-state index contributed by atoms with van der Waals surface area (Å²) in [5, 5.41) is 14.1. The number of alkyl halides is 3. The van der Waals surface area contributed by atoms with Crippen LogP contribution in [0.4, 0.5) is 13.2 Å². The Morgan fingerprint density at radius 2 is 1.27 bits per heavy atom. The number of amides is 1. The van der Waals surface area contributed by atoms with Gasteiger partial charge in [0.15, 0.2) is 0 Å². The summed E-state index contributed by atoms with van der Waals surface area (Å²) in [5.74, 6) is -2.08. The molecule has 0 fully saturated rings. The van der Waals surface area contributed by atoms with E-state index in [2.05, 4.69) is 5.32 Å². The van der Waals surface area contributed by atoms with Crippen molar-refractivity contribution in [1.82, 2.24) is 5.32 Å². The van der Waals surface area contributed by atoms with E-state index in [1.54, 1.807) is 31.2 Å². The molecule has 33 heavy (non-hydrogen) atoms. The molecule has 3 rings (SSSR count). The standard InChI is InChI=1S/C27H28F3NO2/c1-18-8-12-21(13-9-18)16-26(33,17-22-14-10-19(2)11-15-22)24(31-25(32)27(28,29)30)23-7-5-4-6-20(23)3/h4-15,24,33H,16-17H2,1-3H3,(H,31,32). The maximum Gasteiger partial charge on any atom is 0.471 e. The Hall–Kier alpha value is -3.12. The van der Waals surface area contributed by atoms with Crippen molar-refractivity contribution in [2.75, 3.05) is 0 Å². The van der Waals surface area contributed by atoms with E-state index in [0.29, 0.717) is 11.1 Å². The van der Waals surface area contributed by atoms with Crippen molar-refractivity contribution in [2.24, 2.45) is 0 Å². The van der Waals surface area contributed by atoms with Gasteiger partial charge >= 0.3 is 12.1 Å². The van der Waals surface area contributed by atoms with Gasteiger partial charge in [-0.25, -0.2) is 0 Å². The molecule has 0 bridgehead atoms. The molecule has 0 saturated carbocycles. The Balaban J connectivity index is 2.12. The van der Waals surface area contributed by atoms with Crippen molar-refractivity contribution < 1.29 is 23.1 Å². The van der Waals surface area contributed by atoms with Gasteiger partial charge in [0, 0.05) is 12.8 Å². The van der Waals surface area contributed by atoms with Crippen molar-refractivity contribution in [1.29, 1.82) is 0 Å². The van der Waals surface area contributed by atoms with Gasteiger partial charge in [0.2, 0.25) is 0 Å². The van der Waals surface area contributed by atoms with E-state index >= 15 is 0 Å². The maximum atomic E-state index is 13.3. The zero-order valence-corrected chi connectivity index (χ0v) is 18.9. The molecule has 1 amide bonds. The lowest BCUT2D eigenvalue weighted by Crippen LogP contribution is -2.52. The molecule has 1 unspecified atom stereocenters. The van der Waals surface area contributed by atoms with Crippen LogP contribution in [0.3, 0.4) is 0 Å². The van der Waals surface area contributed by atoms with Crippen LogP contribution in [0, 0.1) is 20.8 Å². The Morgan fingerprint density at radius 1 is 0.818 bits per heavy atom. The van der Waals surface area contributed by atoms with Crippen LogP contribution in [0.1, 0.15) is 39.4 Å². The predicted octanol–water partition coefficient (Wildman–Crippen LogP) is 5.55. The maximum absolute atomic E-state index is 13.3. The molecule has 0 aliphatic carbocycles. The van der Waals surface area contributed by atoms with Crippen molar-refractivity contribution >= 4 is 5.91 Å². The van der Waals surface area contributed by atoms with Gasteiger partial charge < -0.3 is 10.4 Å². The van der Waals surface area contributed by atoms with E-state index in [4.69, 9.17) is 0 Å². The van der Waals surface area contributed by atoms with Crippen molar-refractivity contribution in [2.45, 2.75) is 51.4 Å². The van der Waals surface area contributed by atoms with Crippen LogP contribution >= 0.6 is 0 Å². The summed E-state index contributed by atoms with van der Waals surface area (Å²) in [7, 11) is 0. The first kappa shape index (κ1) is 24.5. The highest BCUT2D eigenvalue weighted by atomic mass is 19.4. The molecule has 6 heteroatoms. The van der Waals surface area contributed by atoms with Gasteiger partial charge in [0.1, 0.15) is 0 Å². The summed E-state index contributed by atoms with van der Waals surface area (Å²) in [6.07, 6.45) is -4.97. The van der Waals surface area contributed by atoms with Crippen LogP contribution in [-0.2, 0) is 17.6 Å². The fraction of sp³-hybridized carbons (Fsp3) is 0.296. The zero-order valence-electron chi connectivity index (χ0n) is 18.9. The average molecular weight is 456 g/mol. The molecular formula is C27H28F3NO2. The van der Waals surface area contributed by atoms with Gasteiger partial charge in [-0.3, -0.25) is 4.79 Å². The smallest absolute Gasteiger partial charge is 0.387 e. The molecular weight excluding hydrogens is 427 g/mol. The largest absolute Gasteiger partial charge is 0.471 e. The molecule has 174 valence electrons. The van der Waals surface area contributed by atoms with Crippen molar-refractivity contribution in [3.05, 3.63) is 106 Å². The van der Waals surface area contributed by atoms with Crippen LogP contribution < -0.4 is 5.32 Å². The van der Waals surface area contributed by atoms with Crippen LogP contribution in [-0.4, -0.2) is 22.8 Å². The van der Waals surface area contributed by atoms with Crippen molar-refractivity contribution in [3.8, 4) is 0 Å². The number of nitrogens with one attached hydrogen (secondary N) is 1. The number of carbonyl (C=O) groups excluding carboxylic acids is 1. The monoisotopic (exact) mass is 455 g/mol. The fourth-order valence-electron chi connectivity index (χ4n) is 4.01. The lowest BCUT2D eigenvalue weighted by atomic mass is 9.77. The fourth-order valence-corrected chi connectivity index (χ4v) is 4.01. The molecule has 3 aromatic rings. The molecule has 0 aromatic heterocycles. The molecule has 3 aromatic carbocycles. The second-order valence-corrected chi connectivity index (χ2v) is 8.69. The number of halogens is 3. The highest BCUT2D eigenvalue weighted by Crippen LogP contribution is 2.35. The molecule has 1 atom stereocenters. The van der Waals surface area contributed by atoms with Gasteiger partial charge in [0.25, 0.3) is 0 Å². The third-order valence-electron chi connectivity index (χ3n) is 5.83. The molecule has 0 heterocycles. The second kappa shape index (κ2) is 9.79. The quantitative estimate of drug-likeness (QED) is 0.491. The lowest BCUT2D eigenvalue weighted by Gasteiger charge is -2.38. The SMILES string of the molecule is Cc1ccc(CC(O)(Cc2ccc(C)cc2)C(NC(=O)C(F)(F)F)c2ccccc2C)cc1. The Labute approximate surface area is 192 Å². The van der Waals surface area contributed by atoms with E-state index in [9.17, 15) is 23.1 Å². The minimum Gasteiger partial charge on any atom is -0.387 e. The summed E-state index contributed by atoms with van der Waals surface area (Å²) in [5.41, 5.74) is 2.97. The number of aliphatic hydroxyl groups is 1. The summed E-state index contributed by atoms with van der Waals surface area (Å²) in [6, 6.07) is 20.5. The van der Waals surface area contributed by atoms with Gasteiger partial charge in [-0.05, 0) is 43.0 Å². The number of aryl methyl sites for hydroxylation is 3. The first-order valence-electron chi connectivity index (χ1n) is 10.7. The molecule has 0 spiro atoms. The van der Waals surface area contributed by atoms with Gasteiger partial charge in [-0.1, -0.05) is 83.9 Å². The first-order valence-corrected chi connectivity index (χ1v) is 10.7. The Morgan fingerprint density at radius 3 is 1.70 bits per heavy atom. The summed E-state index contributed by atoms with van der Waals surface area (Å²) in [4.78, 5) is 12.1. The van der Waals surface area contributed by atoms with Crippen molar-refractivity contribution in [3.63, 3.8) is 0 Å². The number of hydrogen-bond acceptors (Lipinski definition) is 2. The molecule has 0 aliphatic rings. The lowest BCUT2D eigenvalue weighted by molar-refractivity contribution is -0.176. The molecule has 0 aliphatic heterocycles. The van der Waals surface area contributed by atoms with Gasteiger partial charge in [-0.2, -0.15) is 13.2 Å². The Bertz CT molecular complexity index is 1040. The van der Waals surface area contributed by atoms with Crippen LogP contribution in [0.25, 0.3) is 0 Å². The summed E-state index contributed by atoms with van der Waals surface area (Å²) in [6.45, 7) is 5.62. The van der Waals surface area contributed by atoms with Gasteiger partial charge in [-0.15, -0.1) is 0 Å². The topological polar surface area (TPSA) is 49.3 Å². The zero-order chi connectivity index (χ0) is 24.2. The van der Waals surface area contributed by atoms with Crippen LogP contribution in [0.5, 0.6) is 0 Å². The van der Waals surface area contributed by atoms with E-state index in [0.717, 1.165) is 22.3 Å². The molecule has 2 N–H and O–H groups in total. The van der Waals surface area contributed by atoms with Crippen LogP contribution in [0.2, 0.25) is 0 Å². The molecule has 3 nitrogen and oxygen atoms in total. The molecule has 0 radical (unpaired) electrons. The number of benzene rings is 3. The highest BCUT2D eigenvalue weighted by molar-refractivity contribution is 5.82. The third-order valence-corrected chi connectivity index (χ3v) is 5.83.